The van der Waals surface area contributed by atoms with E-state index in [1.807, 2.05) is 0 Å². The van der Waals surface area contributed by atoms with E-state index in [1.54, 1.807) is 0 Å². The van der Waals surface area contributed by atoms with Gasteiger partial charge in [0.1, 0.15) is 0 Å². The molecule has 12 heavy (non-hydrogen) atoms. The molecule has 0 amide bonds. The average Bonchev–Trinajstić information content (AvgIpc) is 2.07. The van der Waals surface area contributed by atoms with E-state index < -0.39 is 0 Å². The minimum Gasteiger partial charge on any atom is -0.358 e. The molecule has 64 valence electrons. The van der Waals surface area contributed by atoms with E-state index in [4.69, 9.17) is 0 Å². The molecule has 0 unspecified atom stereocenters. The van der Waals surface area contributed by atoms with Gasteiger partial charge in [0.2, 0.25) is 0 Å². The fraction of sp³-hybridized carbons (Fsp3) is 0.455. The predicted molar refractivity (Wildman–Crippen MR) is 57.9 cm³/mol. The van der Waals surface area contributed by atoms with E-state index in [9.17, 15) is 0 Å². The molecule has 0 saturated heterocycles. The molecule has 0 aliphatic rings. The van der Waals surface area contributed by atoms with Crippen molar-refractivity contribution in [3.05, 3.63) is 35.2 Å². The summed E-state index contributed by atoms with van der Waals surface area (Å²) < 4.78 is 0. The van der Waals surface area contributed by atoms with Crippen LogP contribution in [0.15, 0.2) is 0 Å². The molecule has 0 saturated carbocycles. The monoisotopic (exact) mass is 159 g/mol. The smallest absolute Gasteiger partial charge is 0.358 e. The van der Waals surface area contributed by atoms with Gasteiger partial charge >= 0.3 is 10.1 Å². The molecule has 0 heterocycles. The third kappa shape index (κ3) is 1.81. The van der Waals surface area contributed by atoms with Crippen molar-refractivity contribution in [3.63, 3.8) is 0 Å². The molecule has 0 fully saturated rings. The van der Waals surface area contributed by atoms with Gasteiger partial charge in [-0.25, -0.2) is 0 Å². The summed E-state index contributed by atoms with van der Waals surface area (Å²) in [4.78, 5) is 0. The van der Waals surface area contributed by atoms with Gasteiger partial charge in [0.15, 0.2) is 0 Å². The zero-order chi connectivity index (χ0) is 7.89. The zero-order valence-electron chi connectivity index (χ0n) is 9.21. The molecule has 1 rings (SSSR count). The van der Waals surface area contributed by atoms with E-state index in [1.165, 1.54) is 27.8 Å². The Morgan fingerprint density at radius 1 is 0.833 bits per heavy atom. The van der Waals surface area contributed by atoms with Crippen molar-refractivity contribution in [2.24, 2.45) is 0 Å². The van der Waals surface area contributed by atoms with Crippen LogP contribution in [-0.4, -0.2) is 10.1 Å². The SMILES string of the molecule is Cc1c(C)c(C)[c-](C)c1C.[Be+2].[CH3-]. The van der Waals surface area contributed by atoms with E-state index in [0.717, 1.165) is 0 Å². The molecule has 0 radical (unpaired) electrons. The average molecular weight is 159 g/mol. The third-order valence-electron chi connectivity index (χ3n) is 2.81. The van der Waals surface area contributed by atoms with Gasteiger partial charge in [0.05, 0.1) is 0 Å². The molecule has 0 atom stereocenters. The number of rotatable bonds is 0. The first-order valence-electron chi connectivity index (χ1n) is 3.75. The summed E-state index contributed by atoms with van der Waals surface area (Å²) in [6.07, 6.45) is 0. The molecule has 0 aromatic heterocycles. The van der Waals surface area contributed by atoms with Gasteiger partial charge in [-0.2, -0.15) is 27.8 Å². The quantitative estimate of drug-likeness (QED) is 0.403. The van der Waals surface area contributed by atoms with Crippen molar-refractivity contribution in [2.75, 3.05) is 0 Å². The fourth-order valence-corrected chi connectivity index (χ4v) is 1.41. The summed E-state index contributed by atoms with van der Waals surface area (Å²) in [6.45, 7) is 11.0. The summed E-state index contributed by atoms with van der Waals surface area (Å²) in [6, 6.07) is 0. The maximum Gasteiger partial charge on any atom is 2.00 e. The molecule has 1 aromatic carbocycles. The van der Waals surface area contributed by atoms with Gasteiger partial charge in [-0.3, -0.25) is 0 Å². The van der Waals surface area contributed by atoms with Gasteiger partial charge in [-0.05, 0) is 0 Å². The topological polar surface area (TPSA) is 0 Å². The minimum atomic E-state index is 0. The number of hydrogen-bond acceptors (Lipinski definition) is 0. The minimum absolute atomic E-state index is 0. The molecule has 1 aromatic rings. The third-order valence-corrected chi connectivity index (χ3v) is 2.81. The van der Waals surface area contributed by atoms with Crippen LogP contribution in [0.25, 0.3) is 0 Å². The fourth-order valence-electron chi connectivity index (χ4n) is 1.41. The molecule has 0 N–H and O–H groups in total. The Balaban J connectivity index is 0. The van der Waals surface area contributed by atoms with Crippen LogP contribution in [0.1, 0.15) is 27.8 Å². The largest absolute Gasteiger partial charge is 2.00 e. The van der Waals surface area contributed by atoms with Crippen molar-refractivity contribution in [3.8, 4) is 0 Å². The van der Waals surface area contributed by atoms with Crippen molar-refractivity contribution in [2.45, 2.75) is 34.6 Å². The first-order chi connectivity index (χ1) is 4.55. The van der Waals surface area contributed by atoms with Crippen molar-refractivity contribution in [1.29, 1.82) is 0 Å². The van der Waals surface area contributed by atoms with Crippen molar-refractivity contribution < 1.29 is 0 Å². The van der Waals surface area contributed by atoms with Crippen LogP contribution in [-0.2, 0) is 0 Å². The van der Waals surface area contributed by atoms with Crippen molar-refractivity contribution >= 4 is 10.1 Å². The van der Waals surface area contributed by atoms with Crippen LogP contribution in [0.5, 0.6) is 0 Å². The Kier molecular flexibility index (Phi) is 5.30. The molecule has 1 heteroatoms. The van der Waals surface area contributed by atoms with Crippen LogP contribution in [0.2, 0.25) is 0 Å². The standard InChI is InChI=1S/C10H15.CH3.Be/c1-6-7(2)9(4)10(5)8(6)3;;/h1-5H3;1H3;/q2*-1;+2. The maximum atomic E-state index is 2.20. The molecular weight excluding hydrogens is 141 g/mol. The second kappa shape index (κ2) is 4.52. The van der Waals surface area contributed by atoms with Gasteiger partial charge in [-0.1, -0.05) is 34.6 Å². The zero-order valence-corrected chi connectivity index (χ0v) is 9.21. The first-order valence-corrected chi connectivity index (χ1v) is 3.75. The van der Waals surface area contributed by atoms with Crippen LogP contribution in [0, 0.1) is 42.0 Å². The summed E-state index contributed by atoms with van der Waals surface area (Å²) in [5.74, 6) is 0. The maximum absolute atomic E-state index is 2.20. The van der Waals surface area contributed by atoms with Gasteiger partial charge in [0.25, 0.3) is 0 Å². The second-order valence-electron chi connectivity index (χ2n) is 3.12. The van der Waals surface area contributed by atoms with Gasteiger partial charge < -0.3 is 7.43 Å². The van der Waals surface area contributed by atoms with Gasteiger partial charge in [-0.15, -0.1) is 0 Å². The molecule has 0 aliphatic carbocycles. The summed E-state index contributed by atoms with van der Waals surface area (Å²) >= 11 is 0. The van der Waals surface area contributed by atoms with Crippen LogP contribution < -0.4 is 0 Å². The molecule has 0 spiro atoms. The Morgan fingerprint density at radius 3 is 1.17 bits per heavy atom. The number of hydrogen-bond donors (Lipinski definition) is 0. The van der Waals surface area contributed by atoms with E-state index in [-0.39, 0.29) is 17.5 Å². The Morgan fingerprint density at radius 2 is 1.08 bits per heavy atom. The summed E-state index contributed by atoms with van der Waals surface area (Å²) in [5, 5.41) is 0. The molecular formula is C11H18Be. The summed E-state index contributed by atoms with van der Waals surface area (Å²) in [7, 11) is 0. The Labute approximate surface area is 80.6 Å². The van der Waals surface area contributed by atoms with E-state index in [0.29, 0.717) is 0 Å². The van der Waals surface area contributed by atoms with Crippen LogP contribution in [0.3, 0.4) is 0 Å². The van der Waals surface area contributed by atoms with E-state index in [2.05, 4.69) is 34.6 Å². The van der Waals surface area contributed by atoms with Crippen molar-refractivity contribution in [1.82, 2.24) is 0 Å². The van der Waals surface area contributed by atoms with Gasteiger partial charge in [0, 0.05) is 0 Å². The van der Waals surface area contributed by atoms with E-state index >= 15 is 0 Å². The molecule has 0 aliphatic heterocycles. The Hall–Kier alpha value is -0.481. The summed E-state index contributed by atoms with van der Waals surface area (Å²) in [5.41, 5.74) is 7.34. The van der Waals surface area contributed by atoms with Crippen LogP contribution >= 0.6 is 0 Å². The molecule has 0 nitrogen and oxygen atoms in total. The van der Waals surface area contributed by atoms with Crippen LogP contribution in [0.4, 0.5) is 0 Å². The first kappa shape index (κ1) is 14.1. The second-order valence-corrected chi connectivity index (χ2v) is 3.12. The predicted octanol–water partition coefficient (Wildman–Crippen LogP) is 3.02. The normalized spacial score (nSPS) is 8.75. The Bertz CT molecular complexity index is 176. The molecule has 0 bridgehead atoms.